The fourth-order valence-corrected chi connectivity index (χ4v) is 3.64. The van der Waals surface area contributed by atoms with Gasteiger partial charge < -0.3 is 10.2 Å². The van der Waals surface area contributed by atoms with Crippen LogP contribution in [0.2, 0.25) is 0 Å². The maximum absolute atomic E-state index is 12.1. The summed E-state index contributed by atoms with van der Waals surface area (Å²) < 4.78 is 0. The predicted octanol–water partition coefficient (Wildman–Crippen LogP) is 1.39. The minimum absolute atomic E-state index is 0.420. The van der Waals surface area contributed by atoms with Gasteiger partial charge >= 0.3 is 0 Å². The van der Waals surface area contributed by atoms with Gasteiger partial charge in [-0.15, -0.1) is 0 Å². The van der Waals surface area contributed by atoms with Crippen LogP contribution in [0, 0.1) is 11.8 Å². The Morgan fingerprint density at radius 1 is 1.19 bits per heavy atom. The van der Waals surface area contributed by atoms with E-state index in [1.165, 1.54) is 32.1 Å². The molecular weight excluding hydrogens is 200 g/mol. The van der Waals surface area contributed by atoms with Crippen LogP contribution in [-0.4, -0.2) is 36.5 Å². The molecule has 0 bridgehead atoms. The molecule has 3 rings (SSSR count). The molecule has 2 saturated heterocycles. The standard InChI is InChI=1S/C13H22N2O/c16-13(7-10-3-1-2-4-10)15-8-11-5-6-14-12(11)9-15/h10-12,14H,1-9H2/t11-,12+/m0/s1. The molecule has 1 saturated carbocycles. The maximum atomic E-state index is 12.1. The molecule has 0 radical (unpaired) electrons. The maximum Gasteiger partial charge on any atom is 0.222 e. The summed E-state index contributed by atoms with van der Waals surface area (Å²) in [6, 6.07) is 0.604. The molecule has 0 spiro atoms. The van der Waals surface area contributed by atoms with Crippen molar-refractivity contribution in [3.8, 4) is 0 Å². The zero-order valence-electron chi connectivity index (χ0n) is 9.95. The van der Waals surface area contributed by atoms with Gasteiger partial charge in [-0.2, -0.15) is 0 Å². The van der Waals surface area contributed by atoms with E-state index in [1.54, 1.807) is 0 Å². The lowest BCUT2D eigenvalue weighted by atomic mass is 10.0. The monoisotopic (exact) mass is 222 g/mol. The molecule has 0 aromatic rings. The van der Waals surface area contributed by atoms with Crippen LogP contribution in [0.4, 0.5) is 0 Å². The molecule has 3 nitrogen and oxygen atoms in total. The van der Waals surface area contributed by atoms with Crippen molar-refractivity contribution in [3.63, 3.8) is 0 Å². The molecule has 1 aliphatic carbocycles. The number of likely N-dealkylation sites (tertiary alicyclic amines) is 1. The first kappa shape index (κ1) is 10.6. The highest BCUT2D eigenvalue weighted by atomic mass is 16.2. The first-order chi connectivity index (χ1) is 7.83. The largest absolute Gasteiger partial charge is 0.341 e. The molecule has 16 heavy (non-hydrogen) atoms. The van der Waals surface area contributed by atoms with Crippen LogP contribution in [0.25, 0.3) is 0 Å². The third-order valence-corrected chi connectivity index (χ3v) is 4.65. The number of hydrogen-bond acceptors (Lipinski definition) is 2. The van der Waals surface area contributed by atoms with Crippen LogP contribution in [0.5, 0.6) is 0 Å². The number of amides is 1. The van der Waals surface area contributed by atoms with Crippen LogP contribution in [-0.2, 0) is 4.79 Å². The third-order valence-electron chi connectivity index (χ3n) is 4.65. The number of hydrogen-bond donors (Lipinski definition) is 1. The molecule has 2 atom stereocenters. The molecule has 0 unspecified atom stereocenters. The molecule has 1 amide bonds. The fourth-order valence-electron chi connectivity index (χ4n) is 3.64. The lowest BCUT2D eigenvalue weighted by Gasteiger charge is -2.19. The predicted molar refractivity (Wildman–Crippen MR) is 63.1 cm³/mol. The summed E-state index contributed by atoms with van der Waals surface area (Å²) in [7, 11) is 0. The fraction of sp³-hybridized carbons (Fsp3) is 0.923. The molecule has 0 aromatic heterocycles. The van der Waals surface area contributed by atoms with Gasteiger partial charge in [0, 0.05) is 25.6 Å². The number of rotatable bonds is 2. The van der Waals surface area contributed by atoms with Gasteiger partial charge in [0.25, 0.3) is 0 Å². The second-order valence-electron chi connectivity index (χ2n) is 5.76. The Morgan fingerprint density at radius 3 is 2.75 bits per heavy atom. The van der Waals surface area contributed by atoms with E-state index >= 15 is 0 Å². The van der Waals surface area contributed by atoms with Crippen molar-refractivity contribution in [2.24, 2.45) is 11.8 Å². The molecule has 0 aromatic carbocycles. The average molecular weight is 222 g/mol. The highest BCUT2D eigenvalue weighted by Crippen LogP contribution is 2.30. The Bertz CT molecular complexity index is 261. The van der Waals surface area contributed by atoms with Gasteiger partial charge in [-0.25, -0.2) is 0 Å². The number of fused-ring (bicyclic) bond motifs is 1. The molecular formula is C13H22N2O. The Balaban J connectivity index is 1.51. The first-order valence-corrected chi connectivity index (χ1v) is 6.84. The van der Waals surface area contributed by atoms with Crippen molar-refractivity contribution in [2.45, 2.75) is 44.6 Å². The smallest absolute Gasteiger partial charge is 0.222 e. The van der Waals surface area contributed by atoms with E-state index in [4.69, 9.17) is 0 Å². The summed E-state index contributed by atoms with van der Waals surface area (Å²) in [5, 5.41) is 3.50. The Morgan fingerprint density at radius 2 is 2.00 bits per heavy atom. The number of carbonyl (C=O) groups excluding carboxylic acids is 1. The van der Waals surface area contributed by atoms with Crippen LogP contribution in [0.15, 0.2) is 0 Å². The highest BCUT2D eigenvalue weighted by molar-refractivity contribution is 5.77. The van der Waals surface area contributed by atoms with Gasteiger partial charge in [0.2, 0.25) is 5.91 Å². The summed E-state index contributed by atoms with van der Waals surface area (Å²) in [6.07, 6.45) is 7.32. The van der Waals surface area contributed by atoms with Gasteiger partial charge in [-0.1, -0.05) is 12.8 Å². The van der Waals surface area contributed by atoms with E-state index in [1.807, 2.05) is 0 Å². The third kappa shape index (κ3) is 1.97. The first-order valence-electron chi connectivity index (χ1n) is 6.84. The van der Waals surface area contributed by atoms with Crippen LogP contribution >= 0.6 is 0 Å². The molecule has 3 heteroatoms. The van der Waals surface area contributed by atoms with Crippen molar-refractivity contribution in [1.29, 1.82) is 0 Å². The van der Waals surface area contributed by atoms with E-state index in [9.17, 15) is 4.79 Å². The second-order valence-corrected chi connectivity index (χ2v) is 5.76. The van der Waals surface area contributed by atoms with E-state index in [0.717, 1.165) is 32.0 Å². The zero-order chi connectivity index (χ0) is 11.0. The zero-order valence-corrected chi connectivity index (χ0v) is 9.95. The van der Waals surface area contributed by atoms with E-state index in [-0.39, 0.29) is 0 Å². The molecule has 1 N–H and O–H groups in total. The van der Waals surface area contributed by atoms with Crippen LogP contribution in [0.1, 0.15) is 38.5 Å². The lowest BCUT2D eigenvalue weighted by molar-refractivity contribution is -0.131. The van der Waals surface area contributed by atoms with E-state index in [2.05, 4.69) is 10.2 Å². The topological polar surface area (TPSA) is 32.3 Å². The molecule has 2 heterocycles. The summed E-state index contributed by atoms with van der Waals surface area (Å²) in [6.45, 7) is 3.14. The van der Waals surface area contributed by atoms with Crippen molar-refractivity contribution < 1.29 is 4.79 Å². The SMILES string of the molecule is O=C(CC1CCCC1)N1C[C@@H]2CCN[C@@H]2C1. The van der Waals surface area contributed by atoms with Crippen molar-refractivity contribution in [1.82, 2.24) is 10.2 Å². The Kier molecular flexibility index (Phi) is 2.88. The number of nitrogens with one attached hydrogen (secondary N) is 1. The lowest BCUT2D eigenvalue weighted by Crippen LogP contribution is -2.34. The molecule has 2 aliphatic heterocycles. The quantitative estimate of drug-likeness (QED) is 0.765. The van der Waals surface area contributed by atoms with Gasteiger partial charge in [0.15, 0.2) is 0 Å². The second kappa shape index (κ2) is 4.36. The van der Waals surface area contributed by atoms with Crippen molar-refractivity contribution in [2.75, 3.05) is 19.6 Å². The minimum atomic E-state index is 0.420. The summed E-state index contributed by atoms with van der Waals surface area (Å²) >= 11 is 0. The molecule has 3 fully saturated rings. The number of nitrogens with zero attached hydrogens (tertiary/aromatic N) is 1. The number of carbonyl (C=O) groups is 1. The Hall–Kier alpha value is -0.570. The summed E-state index contributed by atoms with van der Waals surface area (Å²) in [5.41, 5.74) is 0. The summed E-state index contributed by atoms with van der Waals surface area (Å²) in [5.74, 6) is 1.86. The summed E-state index contributed by atoms with van der Waals surface area (Å²) in [4.78, 5) is 14.2. The van der Waals surface area contributed by atoms with E-state index in [0.29, 0.717) is 17.9 Å². The van der Waals surface area contributed by atoms with Crippen molar-refractivity contribution >= 4 is 5.91 Å². The van der Waals surface area contributed by atoms with Gasteiger partial charge in [0.05, 0.1) is 0 Å². The van der Waals surface area contributed by atoms with Crippen LogP contribution in [0.3, 0.4) is 0 Å². The van der Waals surface area contributed by atoms with Gasteiger partial charge in [0.1, 0.15) is 0 Å². The van der Waals surface area contributed by atoms with Gasteiger partial charge in [-0.05, 0) is 37.6 Å². The van der Waals surface area contributed by atoms with Crippen molar-refractivity contribution in [3.05, 3.63) is 0 Å². The average Bonchev–Trinajstić information content (AvgIpc) is 2.91. The van der Waals surface area contributed by atoms with Crippen LogP contribution < -0.4 is 5.32 Å². The highest BCUT2D eigenvalue weighted by Gasteiger charge is 2.38. The van der Waals surface area contributed by atoms with Gasteiger partial charge in [-0.3, -0.25) is 4.79 Å². The Labute approximate surface area is 97.6 Å². The normalized spacial score (nSPS) is 34.6. The minimum Gasteiger partial charge on any atom is -0.341 e. The molecule has 3 aliphatic rings. The molecule has 90 valence electrons. The van der Waals surface area contributed by atoms with E-state index < -0.39 is 0 Å².